The summed E-state index contributed by atoms with van der Waals surface area (Å²) in [6.07, 6.45) is 0. The first-order valence-electron chi connectivity index (χ1n) is 6.44. The number of nitro groups is 1. The molecule has 21 heavy (non-hydrogen) atoms. The average Bonchev–Trinajstić information content (AvgIpc) is 2.47. The van der Waals surface area contributed by atoms with Crippen molar-refractivity contribution in [2.45, 2.75) is 19.8 Å². The molecular weight excluding hydrogens is 336 g/mol. The first-order chi connectivity index (χ1) is 9.95. The predicted molar refractivity (Wildman–Crippen MR) is 85.5 cm³/mol. The Morgan fingerprint density at radius 1 is 1.29 bits per heavy atom. The van der Waals surface area contributed by atoms with E-state index < -0.39 is 4.92 Å². The lowest BCUT2D eigenvalue weighted by Crippen LogP contribution is -2.05. The quantitative estimate of drug-likeness (QED) is 0.666. The molecule has 0 atom stereocenters. The van der Waals surface area contributed by atoms with Crippen molar-refractivity contribution >= 4 is 27.4 Å². The Morgan fingerprint density at radius 3 is 2.52 bits per heavy atom. The van der Waals surface area contributed by atoms with Crippen LogP contribution in [0.15, 0.2) is 28.7 Å². The van der Waals surface area contributed by atoms with Gasteiger partial charge >= 0.3 is 0 Å². The Kier molecular flexibility index (Phi) is 4.52. The van der Waals surface area contributed by atoms with Crippen LogP contribution in [0.2, 0.25) is 0 Å². The molecule has 0 aliphatic carbocycles. The Morgan fingerprint density at radius 2 is 1.95 bits per heavy atom. The van der Waals surface area contributed by atoms with Gasteiger partial charge in [0.05, 0.1) is 20.7 Å². The zero-order valence-electron chi connectivity index (χ0n) is 11.9. The van der Waals surface area contributed by atoms with Crippen LogP contribution in [0.25, 0.3) is 11.4 Å². The van der Waals surface area contributed by atoms with Crippen molar-refractivity contribution in [1.29, 1.82) is 0 Å². The fraction of sp³-hybridized carbons (Fsp3) is 0.286. The van der Waals surface area contributed by atoms with Crippen LogP contribution in [0.4, 0.5) is 11.5 Å². The number of halogens is 1. The monoisotopic (exact) mass is 350 g/mol. The van der Waals surface area contributed by atoms with Crippen LogP contribution in [0.3, 0.4) is 0 Å². The molecule has 1 heterocycles. The maximum atomic E-state index is 11.2. The van der Waals surface area contributed by atoms with Gasteiger partial charge in [-0.25, -0.2) is 9.97 Å². The van der Waals surface area contributed by atoms with E-state index >= 15 is 0 Å². The number of benzene rings is 1. The van der Waals surface area contributed by atoms with Gasteiger partial charge in [0, 0.05) is 13.1 Å². The summed E-state index contributed by atoms with van der Waals surface area (Å²) in [5.41, 5.74) is 1.22. The Balaban J connectivity index is 2.70. The maximum absolute atomic E-state index is 11.2. The van der Waals surface area contributed by atoms with E-state index in [1.165, 1.54) is 6.07 Å². The SMILES string of the molecule is CNc1nc(-c2ccccc2[N+](=O)[O-])nc(C(C)C)c1Br. The molecule has 0 aliphatic rings. The van der Waals surface area contributed by atoms with Crippen molar-refractivity contribution in [1.82, 2.24) is 9.97 Å². The molecule has 1 N–H and O–H groups in total. The van der Waals surface area contributed by atoms with E-state index in [1.807, 2.05) is 13.8 Å². The molecule has 6 nitrogen and oxygen atoms in total. The van der Waals surface area contributed by atoms with Gasteiger partial charge in [-0.05, 0) is 27.9 Å². The van der Waals surface area contributed by atoms with E-state index in [1.54, 1.807) is 25.2 Å². The molecule has 0 unspecified atom stereocenters. The van der Waals surface area contributed by atoms with Crippen molar-refractivity contribution < 1.29 is 4.92 Å². The van der Waals surface area contributed by atoms with Crippen LogP contribution in [-0.2, 0) is 0 Å². The van der Waals surface area contributed by atoms with Gasteiger partial charge in [0.25, 0.3) is 5.69 Å². The zero-order valence-corrected chi connectivity index (χ0v) is 13.5. The van der Waals surface area contributed by atoms with Gasteiger partial charge in [-0.3, -0.25) is 10.1 Å². The summed E-state index contributed by atoms with van der Waals surface area (Å²) in [4.78, 5) is 19.6. The number of nitrogens with one attached hydrogen (secondary N) is 1. The molecule has 0 saturated heterocycles. The largest absolute Gasteiger partial charge is 0.372 e. The van der Waals surface area contributed by atoms with Crippen molar-refractivity contribution in [2.75, 3.05) is 12.4 Å². The number of nitrogens with zero attached hydrogens (tertiary/aromatic N) is 3. The normalized spacial score (nSPS) is 10.7. The fourth-order valence-electron chi connectivity index (χ4n) is 1.96. The molecule has 1 aromatic carbocycles. The number of anilines is 1. The Bertz CT molecular complexity index is 689. The van der Waals surface area contributed by atoms with Crippen molar-refractivity contribution in [3.63, 3.8) is 0 Å². The van der Waals surface area contributed by atoms with E-state index in [9.17, 15) is 10.1 Å². The van der Waals surface area contributed by atoms with E-state index in [4.69, 9.17) is 0 Å². The standard InChI is InChI=1S/C14H15BrN4O2/c1-8(2)12-11(15)14(16-3)18-13(17-12)9-6-4-5-7-10(9)19(20)21/h4-8H,1-3H3,(H,16,17,18). The minimum atomic E-state index is -0.422. The number of para-hydroxylation sites is 1. The minimum absolute atomic E-state index is 0.00317. The minimum Gasteiger partial charge on any atom is -0.372 e. The molecule has 110 valence electrons. The number of hydrogen-bond acceptors (Lipinski definition) is 5. The second-order valence-electron chi connectivity index (χ2n) is 4.77. The van der Waals surface area contributed by atoms with Crippen LogP contribution in [0.5, 0.6) is 0 Å². The van der Waals surface area contributed by atoms with Gasteiger partial charge in [0.2, 0.25) is 0 Å². The molecule has 2 aromatic rings. The number of hydrogen-bond donors (Lipinski definition) is 1. The van der Waals surface area contributed by atoms with E-state index in [0.717, 1.165) is 10.2 Å². The summed E-state index contributed by atoms with van der Waals surface area (Å²) in [5, 5.41) is 14.1. The van der Waals surface area contributed by atoms with E-state index in [2.05, 4.69) is 31.2 Å². The number of aromatic nitrogens is 2. The van der Waals surface area contributed by atoms with Crippen LogP contribution in [0, 0.1) is 10.1 Å². The molecule has 0 amide bonds. The maximum Gasteiger partial charge on any atom is 0.280 e. The summed E-state index contributed by atoms with van der Waals surface area (Å²) >= 11 is 3.47. The molecule has 0 aliphatic heterocycles. The summed E-state index contributed by atoms with van der Waals surface area (Å²) in [5.74, 6) is 1.12. The Hall–Kier alpha value is -2.02. The fourth-order valence-corrected chi connectivity index (χ4v) is 2.79. The predicted octanol–water partition coefficient (Wildman–Crippen LogP) is 3.98. The lowest BCUT2D eigenvalue weighted by molar-refractivity contribution is -0.384. The molecule has 0 fully saturated rings. The van der Waals surface area contributed by atoms with Gasteiger partial charge in [-0.15, -0.1) is 0 Å². The number of nitro benzene ring substituents is 1. The van der Waals surface area contributed by atoms with Gasteiger partial charge in [0.15, 0.2) is 5.82 Å². The second-order valence-corrected chi connectivity index (χ2v) is 5.57. The average molecular weight is 351 g/mol. The van der Waals surface area contributed by atoms with Gasteiger partial charge in [-0.1, -0.05) is 26.0 Å². The van der Waals surface area contributed by atoms with Crippen LogP contribution >= 0.6 is 15.9 Å². The van der Waals surface area contributed by atoms with Gasteiger partial charge in [0.1, 0.15) is 5.82 Å². The molecule has 1 aromatic heterocycles. The van der Waals surface area contributed by atoms with Crippen molar-refractivity contribution in [3.05, 3.63) is 44.5 Å². The van der Waals surface area contributed by atoms with Gasteiger partial charge in [-0.2, -0.15) is 0 Å². The lowest BCUT2D eigenvalue weighted by atomic mass is 10.1. The van der Waals surface area contributed by atoms with Crippen LogP contribution in [-0.4, -0.2) is 21.9 Å². The third kappa shape index (κ3) is 3.02. The van der Waals surface area contributed by atoms with Crippen LogP contribution < -0.4 is 5.32 Å². The summed E-state index contributed by atoms with van der Waals surface area (Å²) in [7, 11) is 1.75. The van der Waals surface area contributed by atoms with Crippen molar-refractivity contribution in [2.24, 2.45) is 0 Å². The highest BCUT2D eigenvalue weighted by molar-refractivity contribution is 9.10. The number of rotatable bonds is 4. The van der Waals surface area contributed by atoms with E-state index in [0.29, 0.717) is 17.2 Å². The summed E-state index contributed by atoms with van der Waals surface area (Å²) in [6, 6.07) is 6.48. The van der Waals surface area contributed by atoms with E-state index in [-0.39, 0.29) is 11.6 Å². The zero-order chi connectivity index (χ0) is 15.6. The Labute approximate surface area is 130 Å². The second kappa shape index (κ2) is 6.17. The molecule has 2 rings (SSSR count). The van der Waals surface area contributed by atoms with Gasteiger partial charge < -0.3 is 5.32 Å². The van der Waals surface area contributed by atoms with Crippen molar-refractivity contribution in [3.8, 4) is 11.4 Å². The highest BCUT2D eigenvalue weighted by Crippen LogP contribution is 2.33. The molecule has 7 heteroatoms. The molecule has 0 radical (unpaired) electrons. The topological polar surface area (TPSA) is 81.0 Å². The summed E-state index contributed by atoms with van der Waals surface area (Å²) < 4.78 is 0.780. The molecule has 0 spiro atoms. The third-order valence-corrected chi connectivity index (χ3v) is 3.78. The third-order valence-electron chi connectivity index (χ3n) is 3.00. The summed E-state index contributed by atoms with van der Waals surface area (Å²) in [6.45, 7) is 4.02. The smallest absolute Gasteiger partial charge is 0.280 e. The first kappa shape index (κ1) is 15.4. The van der Waals surface area contributed by atoms with Crippen LogP contribution in [0.1, 0.15) is 25.5 Å². The molecule has 0 saturated carbocycles. The first-order valence-corrected chi connectivity index (χ1v) is 7.24. The lowest BCUT2D eigenvalue weighted by Gasteiger charge is -2.13. The molecular formula is C14H15BrN4O2. The highest BCUT2D eigenvalue weighted by atomic mass is 79.9. The molecule has 0 bridgehead atoms. The highest BCUT2D eigenvalue weighted by Gasteiger charge is 2.20.